The van der Waals surface area contributed by atoms with Gasteiger partial charge in [0.15, 0.2) is 0 Å². The van der Waals surface area contributed by atoms with Gasteiger partial charge in [0.2, 0.25) is 0 Å². The lowest BCUT2D eigenvalue weighted by atomic mass is 9.95. The molecule has 1 unspecified atom stereocenters. The number of halogens is 1. The van der Waals surface area contributed by atoms with Crippen molar-refractivity contribution in [1.82, 2.24) is 9.80 Å². The molecule has 0 spiro atoms. The number of rotatable bonds is 7. The maximum absolute atomic E-state index is 12.9. The van der Waals surface area contributed by atoms with Gasteiger partial charge in [0, 0.05) is 23.7 Å². The summed E-state index contributed by atoms with van der Waals surface area (Å²) in [6.07, 6.45) is 0.561. The summed E-state index contributed by atoms with van der Waals surface area (Å²) in [6, 6.07) is 8.43. The van der Waals surface area contributed by atoms with Crippen molar-refractivity contribution in [3.8, 4) is 5.75 Å². The highest BCUT2D eigenvalue weighted by molar-refractivity contribution is 6.46. The number of Topliss-reactive ketones (excluding diaryl/α,β-unsaturated/α-hetero) is 1. The summed E-state index contributed by atoms with van der Waals surface area (Å²) in [5.41, 5.74) is -0.0320. The van der Waals surface area contributed by atoms with E-state index in [2.05, 4.69) is 0 Å². The van der Waals surface area contributed by atoms with Gasteiger partial charge in [-0.25, -0.2) is 0 Å². The monoisotopic (exact) mass is 459 g/mol. The van der Waals surface area contributed by atoms with Crippen LogP contribution in [0.2, 0.25) is 5.02 Å². The number of phenolic OH excluding ortho intramolecular Hbond substituents is 1. The molecular weight excluding hydrogens is 438 g/mol. The van der Waals surface area contributed by atoms with E-state index in [9.17, 15) is 29.9 Å². The third-order valence-electron chi connectivity index (χ3n) is 5.18. The Balaban J connectivity index is 2.14. The maximum atomic E-state index is 12.9. The van der Waals surface area contributed by atoms with Crippen molar-refractivity contribution in [2.24, 2.45) is 0 Å². The maximum Gasteiger partial charge on any atom is 0.295 e. The van der Waals surface area contributed by atoms with Crippen molar-refractivity contribution in [2.45, 2.75) is 12.5 Å². The molecule has 2 aromatic rings. The predicted octanol–water partition coefficient (Wildman–Crippen LogP) is 3.33. The van der Waals surface area contributed by atoms with Crippen LogP contribution in [0.25, 0.3) is 5.76 Å². The van der Waals surface area contributed by atoms with Gasteiger partial charge in [-0.05, 0) is 63.0 Å². The van der Waals surface area contributed by atoms with Gasteiger partial charge in [0.1, 0.15) is 11.5 Å². The molecule has 0 radical (unpaired) electrons. The van der Waals surface area contributed by atoms with E-state index in [4.69, 9.17) is 11.6 Å². The lowest BCUT2D eigenvalue weighted by molar-refractivity contribution is -0.384. The average Bonchev–Trinajstić information content (AvgIpc) is 2.99. The molecule has 2 aromatic carbocycles. The topological polar surface area (TPSA) is 124 Å². The summed E-state index contributed by atoms with van der Waals surface area (Å²) in [7, 11) is 3.76. The molecule has 0 aromatic heterocycles. The second-order valence-electron chi connectivity index (χ2n) is 7.66. The average molecular weight is 460 g/mol. The van der Waals surface area contributed by atoms with E-state index >= 15 is 0 Å². The Labute approximate surface area is 189 Å². The molecule has 3 rings (SSSR count). The number of nitro groups is 1. The summed E-state index contributed by atoms with van der Waals surface area (Å²) < 4.78 is 0. The molecule has 0 aliphatic carbocycles. The minimum absolute atomic E-state index is 0.0873. The lowest BCUT2D eigenvalue weighted by Crippen LogP contribution is -2.32. The number of benzene rings is 2. The highest BCUT2D eigenvalue weighted by atomic mass is 35.5. The number of carbonyl (C=O) groups excluding carboxylic acids is 2. The molecule has 1 heterocycles. The van der Waals surface area contributed by atoms with Gasteiger partial charge >= 0.3 is 0 Å². The van der Waals surface area contributed by atoms with Gasteiger partial charge in [-0.2, -0.15) is 0 Å². The number of hydrogen-bond acceptors (Lipinski definition) is 7. The van der Waals surface area contributed by atoms with E-state index in [0.29, 0.717) is 18.5 Å². The van der Waals surface area contributed by atoms with Crippen LogP contribution < -0.4 is 0 Å². The van der Waals surface area contributed by atoms with E-state index in [1.807, 2.05) is 19.0 Å². The molecule has 10 heteroatoms. The first-order valence-corrected chi connectivity index (χ1v) is 10.2. The number of non-ortho nitro benzene ring substituents is 1. The zero-order valence-electron chi connectivity index (χ0n) is 17.5. The second-order valence-corrected chi connectivity index (χ2v) is 8.10. The number of hydrogen-bond donors (Lipinski definition) is 2. The van der Waals surface area contributed by atoms with E-state index in [0.717, 1.165) is 0 Å². The van der Waals surface area contributed by atoms with E-state index in [1.165, 1.54) is 47.4 Å². The molecule has 1 aliphatic heterocycles. The molecule has 1 amide bonds. The van der Waals surface area contributed by atoms with Crippen LogP contribution in [0.15, 0.2) is 48.0 Å². The quantitative estimate of drug-likeness (QED) is 0.214. The summed E-state index contributed by atoms with van der Waals surface area (Å²) in [4.78, 5) is 39.5. The molecule has 0 saturated carbocycles. The van der Waals surface area contributed by atoms with E-state index in [1.54, 1.807) is 0 Å². The number of aliphatic hydroxyl groups is 1. The van der Waals surface area contributed by atoms with Crippen LogP contribution in [0.3, 0.4) is 0 Å². The molecule has 1 fully saturated rings. The van der Waals surface area contributed by atoms with Crippen molar-refractivity contribution in [3.63, 3.8) is 0 Å². The fourth-order valence-electron chi connectivity index (χ4n) is 3.64. The van der Waals surface area contributed by atoms with Crippen LogP contribution in [0.4, 0.5) is 5.69 Å². The molecule has 168 valence electrons. The lowest BCUT2D eigenvalue weighted by Gasteiger charge is -2.26. The number of amides is 1. The minimum atomic E-state index is -0.976. The number of nitro benzene ring substituents is 1. The first kappa shape index (κ1) is 23.2. The molecule has 0 bridgehead atoms. The fraction of sp³-hybridized carbons (Fsp3) is 0.273. The smallest absolute Gasteiger partial charge is 0.295 e. The number of aromatic hydroxyl groups is 1. The molecule has 32 heavy (non-hydrogen) atoms. The predicted molar refractivity (Wildman–Crippen MR) is 118 cm³/mol. The van der Waals surface area contributed by atoms with Crippen LogP contribution >= 0.6 is 11.6 Å². The molecule has 9 nitrogen and oxygen atoms in total. The molecule has 1 saturated heterocycles. The van der Waals surface area contributed by atoms with Gasteiger partial charge in [0.25, 0.3) is 17.4 Å². The highest BCUT2D eigenvalue weighted by Gasteiger charge is 2.46. The molecule has 1 atom stereocenters. The van der Waals surface area contributed by atoms with Gasteiger partial charge in [-0.15, -0.1) is 0 Å². The Hall–Kier alpha value is -3.43. The van der Waals surface area contributed by atoms with Gasteiger partial charge < -0.3 is 20.0 Å². The molecular formula is C22H22ClN3O6. The van der Waals surface area contributed by atoms with Crippen molar-refractivity contribution in [3.05, 3.63) is 74.3 Å². The fourth-order valence-corrected chi connectivity index (χ4v) is 3.81. The third-order valence-corrected chi connectivity index (χ3v) is 5.41. The Bertz CT molecular complexity index is 1100. The Kier molecular flexibility index (Phi) is 6.81. The van der Waals surface area contributed by atoms with Gasteiger partial charge in [0.05, 0.1) is 22.1 Å². The number of aliphatic hydroxyl groups excluding tert-OH is 1. The minimum Gasteiger partial charge on any atom is -0.507 e. The zero-order valence-corrected chi connectivity index (χ0v) is 18.2. The number of ketones is 1. The Morgan fingerprint density at radius 1 is 1.19 bits per heavy atom. The summed E-state index contributed by atoms with van der Waals surface area (Å²) in [5, 5.41) is 32.4. The summed E-state index contributed by atoms with van der Waals surface area (Å²) in [6.45, 7) is 0.883. The van der Waals surface area contributed by atoms with Crippen molar-refractivity contribution >= 4 is 34.7 Å². The number of likely N-dealkylation sites (tertiary alicyclic amines) is 1. The van der Waals surface area contributed by atoms with Gasteiger partial charge in [-0.1, -0.05) is 11.6 Å². The zero-order chi connectivity index (χ0) is 23.6. The summed E-state index contributed by atoms with van der Waals surface area (Å²) >= 11 is 5.98. The SMILES string of the molecule is CN(C)CCCN1C(=O)C(=O)C(=C(O)c2cc(Cl)ccc2O)C1c1ccc([N+](=O)[O-])cc1. The van der Waals surface area contributed by atoms with Crippen LogP contribution in [0.5, 0.6) is 5.75 Å². The van der Waals surface area contributed by atoms with Crippen molar-refractivity contribution < 1.29 is 24.7 Å². The first-order chi connectivity index (χ1) is 15.1. The highest BCUT2D eigenvalue weighted by Crippen LogP contribution is 2.41. The van der Waals surface area contributed by atoms with Crippen LogP contribution in [0.1, 0.15) is 23.6 Å². The number of nitrogens with zero attached hydrogens (tertiary/aromatic N) is 3. The number of carbonyl (C=O) groups is 2. The Morgan fingerprint density at radius 2 is 1.84 bits per heavy atom. The van der Waals surface area contributed by atoms with Crippen molar-refractivity contribution in [2.75, 3.05) is 27.2 Å². The first-order valence-electron chi connectivity index (χ1n) is 9.78. The Morgan fingerprint density at radius 3 is 2.44 bits per heavy atom. The van der Waals surface area contributed by atoms with Crippen molar-refractivity contribution in [1.29, 1.82) is 0 Å². The molecule has 2 N–H and O–H groups in total. The van der Waals surface area contributed by atoms with Crippen LogP contribution in [-0.2, 0) is 9.59 Å². The van der Waals surface area contributed by atoms with Crippen LogP contribution in [-0.4, -0.2) is 63.8 Å². The second kappa shape index (κ2) is 9.37. The summed E-state index contributed by atoms with van der Waals surface area (Å²) in [5.74, 6) is -2.58. The van der Waals surface area contributed by atoms with Crippen LogP contribution in [0, 0.1) is 10.1 Å². The largest absolute Gasteiger partial charge is 0.507 e. The molecule has 1 aliphatic rings. The van der Waals surface area contributed by atoms with Gasteiger partial charge in [-0.3, -0.25) is 19.7 Å². The van der Waals surface area contributed by atoms with E-state index < -0.39 is 28.4 Å². The normalized spacial score (nSPS) is 17.9. The standard InChI is InChI=1S/C22H22ClN3O6/c1-24(2)10-3-11-25-19(13-4-7-15(8-5-13)26(31)32)18(21(29)22(25)30)20(28)16-12-14(23)6-9-17(16)27/h4-9,12,19,27-28H,3,10-11H2,1-2H3. The number of phenols is 1. The third kappa shape index (κ3) is 4.58. The van der Waals surface area contributed by atoms with E-state index in [-0.39, 0.29) is 34.1 Å².